The zero-order chi connectivity index (χ0) is 23.8. The van der Waals surface area contributed by atoms with Gasteiger partial charge in [-0.15, -0.1) is 0 Å². The molecule has 3 rings (SSSR count). The minimum atomic E-state index is -0.677. The van der Waals surface area contributed by atoms with E-state index in [1.165, 1.54) is 6.92 Å². The van der Waals surface area contributed by atoms with Gasteiger partial charge in [0.1, 0.15) is 5.71 Å². The number of hydrogen-bond acceptors (Lipinski definition) is 4. The standard InChI is InChI=1S/C17H13Cl3N2O.C7H14O2/c1-10(23)15-9-17(11-2-4-12(18)5-3-11)22(21-15)16-7-6-13(19)8-14(16)20;1-3-4-5-6(2)7(8)9/h2-8,17H,9H2,1H3;6H,3-5H2,1-2H3,(H,8,9). The van der Waals surface area contributed by atoms with Gasteiger partial charge in [0, 0.05) is 23.4 Å². The molecular weight excluding hydrogens is 471 g/mol. The molecule has 1 aliphatic heterocycles. The van der Waals surface area contributed by atoms with Crippen molar-refractivity contribution in [3.63, 3.8) is 0 Å². The van der Waals surface area contributed by atoms with E-state index in [4.69, 9.17) is 39.9 Å². The van der Waals surface area contributed by atoms with E-state index >= 15 is 0 Å². The van der Waals surface area contributed by atoms with E-state index in [2.05, 4.69) is 12.0 Å². The summed E-state index contributed by atoms with van der Waals surface area (Å²) in [5, 5.41) is 16.4. The molecule has 0 bridgehead atoms. The Bertz CT molecular complexity index is 977. The maximum Gasteiger partial charge on any atom is 0.306 e. The molecule has 1 heterocycles. The van der Waals surface area contributed by atoms with Crippen LogP contribution in [0.4, 0.5) is 5.69 Å². The Balaban J connectivity index is 0.000000344. The molecule has 2 atom stereocenters. The number of hydrogen-bond donors (Lipinski definition) is 1. The van der Waals surface area contributed by atoms with E-state index in [-0.39, 0.29) is 17.7 Å². The molecule has 32 heavy (non-hydrogen) atoms. The number of aliphatic carboxylic acids is 1. The number of halogens is 3. The first kappa shape index (κ1) is 26.2. The van der Waals surface area contributed by atoms with Crippen LogP contribution in [-0.4, -0.2) is 22.6 Å². The monoisotopic (exact) mass is 496 g/mol. The van der Waals surface area contributed by atoms with Gasteiger partial charge in [0.25, 0.3) is 0 Å². The van der Waals surface area contributed by atoms with E-state index in [1.807, 2.05) is 24.3 Å². The van der Waals surface area contributed by atoms with Gasteiger partial charge in [-0.3, -0.25) is 14.6 Å². The first-order valence-electron chi connectivity index (χ1n) is 10.4. The van der Waals surface area contributed by atoms with Crippen molar-refractivity contribution in [3.8, 4) is 0 Å². The quantitative estimate of drug-likeness (QED) is 0.431. The van der Waals surface area contributed by atoms with Gasteiger partial charge in [-0.1, -0.05) is 73.6 Å². The molecule has 5 nitrogen and oxygen atoms in total. The average Bonchev–Trinajstić information content (AvgIpc) is 3.18. The fourth-order valence-corrected chi connectivity index (χ4v) is 3.81. The lowest BCUT2D eigenvalue weighted by Crippen LogP contribution is -2.18. The van der Waals surface area contributed by atoms with Gasteiger partial charge in [-0.05, 0) is 42.3 Å². The molecular formula is C24H27Cl3N2O3. The summed E-state index contributed by atoms with van der Waals surface area (Å²) in [4.78, 5) is 22.0. The zero-order valence-corrected chi connectivity index (χ0v) is 20.6. The minimum Gasteiger partial charge on any atom is -0.481 e. The van der Waals surface area contributed by atoms with Gasteiger partial charge >= 0.3 is 5.97 Å². The zero-order valence-electron chi connectivity index (χ0n) is 18.3. The highest BCUT2D eigenvalue weighted by molar-refractivity contribution is 6.40. The number of benzene rings is 2. The molecule has 0 saturated heterocycles. The van der Waals surface area contributed by atoms with Crippen LogP contribution >= 0.6 is 34.8 Å². The number of ketones is 1. The predicted octanol–water partition coefficient (Wildman–Crippen LogP) is 7.44. The summed E-state index contributed by atoms with van der Waals surface area (Å²) >= 11 is 18.2. The van der Waals surface area contributed by atoms with Crippen LogP contribution in [0.2, 0.25) is 15.1 Å². The van der Waals surface area contributed by atoms with Crippen LogP contribution in [-0.2, 0) is 9.59 Å². The molecule has 2 aromatic carbocycles. The van der Waals surface area contributed by atoms with Crippen LogP contribution in [0.25, 0.3) is 0 Å². The normalized spacial score (nSPS) is 16.1. The van der Waals surface area contributed by atoms with E-state index in [0.717, 1.165) is 24.8 Å². The highest BCUT2D eigenvalue weighted by Crippen LogP contribution is 2.39. The molecule has 0 aliphatic carbocycles. The summed E-state index contributed by atoms with van der Waals surface area (Å²) in [6, 6.07) is 12.6. The van der Waals surface area contributed by atoms with Gasteiger partial charge in [0.05, 0.1) is 22.7 Å². The number of rotatable bonds is 7. The van der Waals surface area contributed by atoms with E-state index in [1.54, 1.807) is 30.1 Å². The maximum absolute atomic E-state index is 11.8. The third-order valence-corrected chi connectivity index (χ3v) is 5.93. The molecule has 1 N–H and O–H groups in total. The number of carboxylic acids is 1. The number of carbonyl (C=O) groups is 2. The van der Waals surface area contributed by atoms with E-state index in [9.17, 15) is 9.59 Å². The molecule has 0 fully saturated rings. The van der Waals surface area contributed by atoms with Crippen LogP contribution in [0.1, 0.15) is 58.1 Å². The highest BCUT2D eigenvalue weighted by Gasteiger charge is 2.32. The lowest BCUT2D eigenvalue weighted by Gasteiger charge is -2.25. The van der Waals surface area contributed by atoms with Crippen molar-refractivity contribution in [1.82, 2.24) is 0 Å². The lowest BCUT2D eigenvalue weighted by molar-refractivity contribution is -0.141. The van der Waals surface area contributed by atoms with Crippen molar-refractivity contribution in [2.75, 3.05) is 5.01 Å². The van der Waals surface area contributed by atoms with Gasteiger partial charge in [-0.2, -0.15) is 5.10 Å². The highest BCUT2D eigenvalue weighted by atomic mass is 35.5. The van der Waals surface area contributed by atoms with Crippen molar-refractivity contribution in [3.05, 3.63) is 63.1 Å². The van der Waals surface area contributed by atoms with Gasteiger partial charge in [0.15, 0.2) is 5.78 Å². The summed E-state index contributed by atoms with van der Waals surface area (Å²) < 4.78 is 0. The number of carbonyl (C=O) groups excluding carboxylic acids is 1. The largest absolute Gasteiger partial charge is 0.481 e. The fourth-order valence-electron chi connectivity index (χ4n) is 3.19. The topological polar surface area (TPSA) is 70.0 Å². The van der Waals surface area contributed by atoms with Crippen LogP contribution in [0.15, 0.2) is 47.6 Å². The molecule has 0 saturated carbocycles. The number of Topliss-reactive ketones (excluding diaryl/α,β-unsaturated/α-hetero) is 1. The number of hydrazone groups is 1. The molecule has 0 radical (unpaired) electrons. The van der Waals surface area contributed by atoms with Gasteiger partial charge in [-0.25, -0.2) is 0 Å². The van der Waals surface area contributed by atoms with Crippen molar-refractivity contribution in [2.45, 2.75) is 52.5 Å². The minimum absolute atomic E-state index is 0.0449. The summed E-state index contributed by atoms with van der Waals surface area (Å²) in [6.45, 7) is 5.33. The second kappa shape index (κ2) is 12.2. The molecule has 8 heteroatoms. The number of carboxylic acid groups (broad SMARTS) is 1. The maximum atomic E-state index is 11.8. The predicted molar refractivity (Wildman–Crippen MR) is 132 cm³/mol. The fraction of sp³-hybridized carbons (Fsp3) is 0.375. The molecule has 1 aliphatic rings. The van der Waals surface area contributed by atoms with Crippen LogP contribution in [0, 0.1) is 5.92 Å². The number of anilines is 1. The molecule has 2 aromatic rings. The first-order chi connectivity index (χ1) is 15.1. The first-order valence-corrected chi connectivity index (χ1v) is 11.6. The van der Waals surface area contributed by atoms with Crippen LogP contribution < -0.4 is 5.01 Å². The van der Waals surface area contributed by atoms with E-state index < -0.39 is 5.97 Å². The Morgan fingerprint density at radius 1 is 1.12 bits per heavy atom. The molecule has 0 spiro atoms. The second-order valence-electron chi connectivity index (χ2n) is 7.70. The Morgan fingerprint density at radius 3 is 2.28 bits per heavy atom. The summed E-state index contributed by atoms with van der Waals surface area (Å²) in [5.74, 6) is -0.884. The van der Waals surface area contributed by atoms with E-state index in [0.29, 0.717) is 32.9 Å². The molecule has 172 valence electrons. The van der Waals surface area contributed by atoms with Crippen molar-refractivity contribution in [2.24, 2.45) is 11.0 Å². The number of nitrogens with zero attached hydrogens (tertiary/aromatic N) is 2. The third kappa shape index (κ3) is 7.22. The smallest absolute Gasteiger partial charge is 0.306 e. The van der Waals surface area contributed by atoms with Crippen molar-refractivity contribution < 1.29 is 14.7 Å². The van der Waals surface area contributed by atoms with Crippen molar-refractivity contribution >= 4 is 58.0 Å². The number of unbranched alkanes of at least 4 members (excludes halogenated alkanes) is 1. The van der Waals surface area contributed by atoms with Crippen LogP contribution in [0.5, 0.6) is 0 Å². The lowest BCUT2D eigenvalue weighted by atomic mass is 10.0. The second-order valence-corrected chi connectivity index (χ2v) is 8.98. The van der Waals surface area contributed by atoms with Gasteiger partial charge in [0.2, 0.25) is 0 Å². The average molecular weight is 498 g/mol. The van der Waals surface area contributed by atoms with Gasteiger partial charge < -0.3 is 5.11 Å². The summed E-state index contributed by atoms with van der Waals surface area (Å²) in [7, 11) is 0. The Kier molecular flexibility index (Phi) is 10.0. The summed E-state index contributed by atoms with van der Waals surface area (Å²) in [6.07, 6.45) is 3.44. The Morgan fingerprint density at radius 2 is 1.75 bits per heavy atom. The third-order valence-electron chi connectivity index (χ3n) is 5.14. The molecule has 0 amide bonds. The Hall–Kier alpha value is -2.08. The van der Waals surface area contributed by atoms with Crippen LogP contribution in [0.3, 0.4) is 0 Å². The Labute approximate surface area is 204 Å². The SMILES string of the molecule is CC(=O)C1=NN(c2ccc(Cl)cc2Cl)C(c2ccc(Cl)cc2)C1.CCCCC(C)C(=O)O. The summed E-state index contributed by atoms with van der Waals surface area (Å²) in [5.41, 5.74) is 2.25. The van der Waals surface area contributed by atoms with Crippen molar-refractivity contribution in [1.29, 1.82) is 0 Å². The molecule has 0 aromatic heterocycles. The molecule has 2 unspecified atom stereocenters.